The fraction of sp³-hybridized carbons (Fsp3) is 0.714. The lowest BCUT2D eigenvalue weighted by molar-refractivity contribution is 0.0657. The van der Waals surface area contributed by atoms with Gasteiger partial charge in [0.25, 0.3) is 0 Å². The van der Waals surface area contributed by atoms with Crippen LogP contribution in [0.5, 0.6) is 11.5 Å². The van der Waals surface area contributed by atoms with Crippen molar-refractivity contribution in [2.45, 2.75) is 63.7 Å². The van der Waals surface area contributed by atoms with Crippen LogP contribution < -0.4 is 9.47 Å². The van der Waals surface area contributed by atoms with Crippen molar-refractivity contribution in [3.8, 4) is 11.5 Å². The van der Waals surface area contributed by atoms with Crippen molar-refractivity contribution in [2.24, 2.45) is 11.3 Å². The number of hydrogen-bond acceptors (Lipinski definition) is 3. The lowest BCUT2D eigenvalue weighted by Crippen LogP contribution is -2.33. The minimum absolute atomic E-state index is 0.00869. The van der Waals surface area contributed by atoms with Gasteiger partial charge >= 0.3 is 0 Å². The van der Waals surface area contributed by atoms with Crippen LogP contribution in [0, 0.1) is 11.3 Å². The van der Waals surface area contributed by atoms with Gasteiger partial charge in [0, 0.05) is 17.5 Å². The van der Waals surface area contributed by atoms with E-state index in [0.29, 0.717) is 17.9 Å². The van der Waals surface area contributed by atoms with E-state index in [-0.39, 0.29) is 11.7 Å². The summed E-state index contributed by atoms with van der Waals surface area (Å²) in [6, 6.07) is 5.94. The summed E-state index contributed by atoms with van der Waals surface area (Å²) >= 11 is -1.79. The quantitative estimate of drug-likeness (QED) is 0.740. The minimum Gasteiger partial charge on any atom is -0.493 e. The van der Waals surface area contributed by atoms with Crippen molar-refractivity contribution in [3.05, 3.63) is 23.8 Å². The largest absolute Gasteiger partial charge is 0.493 e. The lowest BCUT2D eigenvalue weighted by Gasteiger charge is -2.43. The Morgan fingerprint density at radius 2 is 2.00 bits per heavy atom. The molecule has 2 saturated carbocycles. The average molecular weight is 379 g/mol. The second-order valence-electron chi connectivity index (χ2n) is 8.53. The molecule has 1 aliphatic heterocycles. The van der Waals surface area contributed by atoms with Gasteiger partial charge in [-0.3, -0.25) is 0 Å². The van der Waals surface area contributed by atoms with Gasteiger partial charge in [-0.05, 0) is 49.5 Å². The predicted molar refractivity (Wildman–Crippen MR) is 103 cm³/mol. The Hall–Kier alpha value is -1.07. The molecule has 4 rings (SSSR count). The molecule has 3 aliphatic rings. The van der Waals surface area contributed by atoms with E-state index >= 15 is 0 Å². The van der Waals surface area contributed by atoms with Crippen LogP contribution >= 0.6 is 0 Å². The second-order valence-corrected chi connectivity index (χ2v) is 9.51. The zero-order chi connectivity index (χ0) is 18.0. The molecule has 5 heteroatoms. The van der Waals surface area contributed by atoms with Gasteiger partial charge in [0.05, 0.1) is 19.0 Å². The fourth-order valence-corrected chi connectivity index (χ4v) is 5.97. The Morgan fingerprint density at radius 1 is 1.19 bits per heavy atom. The Kier molecular flexibility index (Phi) is 5.55. The van der Waals surface area contributed by atoms with E-state index in [1.807, 2.05) is 18.2 Å². The van der Waals surface area contributed by atoms with Gasteiger partial charge in [-0.25, -0.2) is 4.21 Å². The molecule has 0 bridgehead atoms. The summed E-state index contributed by atoms with van der Waals surface area (Å²) in [6.45, 7) is 1.28. The summed E-state index contributed by atoms with van der Waals surface area (Å²) in [7, 11) is 0. The van der Waals surface area contributed by atoms with Crippen molar-refractivity contribution in [2.75, 3.05) is 19.0 Å². The van der Waals surface area contributed by atoms with Crippen LogP contribution in [-0.4, -0.2) is 27.7 Å². The number of fused-ring (bicyclic) bond motifs is 1. The maximum absolute atomic E-state index is 11.1. The molecule has 1 aromatic carbocycles. The molecule has 26 heavy (non-hydrogen) atoms. The molecule has 2 aliphatic carbocycles. The molecule has 0 amide bonds. The van der Waals surface area contributed by atoms with E-state index in [2.05, 4.69) is 0 Å². The summed E-state index contributed by atoms with van der Waals surface area (Å²) in [6.07, 6.45) is 12.5. The highest BCUT2D eigenvalue weighted by Gasteiger charge is 2.37. The highest BCUT2D eigenvalue weighted by molar-refractivity contribution is 7.79. The average Bonchev–Trinajstić information content (AvgIpc) is 3.02. The van der Waals surface area contributed by atoms with E-state index in [0.717, 1.165) is 23.7 Å². The zero-order valence-electron chi connectivity index (χ0n) is 15.5. The standard InChI is InChI=1S/C21H30O4S/c22-26(23)15-17-14-25-20-11-18(6-7-19(17)20)24-13-16-5-4-10-21(12-16)8-2-1-3-9-21/h6-7,11,16-17H,1-5,8-10,12-15H2,(H,22,23). The van der Waals surface area contributed by atoms with Crippen LogP contribution in [0.1, 0.15) is 69.3 Å². The Labute approximate surface area is 158 Å². The molecule has 3 unspecified atom stereocenters. The number of benzene rings is 1. The molecule has 1 aromatic rings. The monoisotopic (exact) mass is 378 g/mol. The molecule has 144 valence electrons. The normalized spacial score (nSPS) is 28.3. The molecule has 4 nitrogen and oxygen atoms in total. The molecule has 1 N–H and O–H groups in total. The molecule has 2 fully saturated rings. The molecular formula is C21H30O4S. The third-order valence-electron chi connectivity index (χ3n) is 6.65. The summed E-state index contributed by atoms with van der Waals surface area (Å²) < 4.78 is 32.0. The summed E-state index contributed by atoms with van der Waals surface area (Å²) in [4.78, 5) is 0. The summed E-state index contributed by atoms with van der Waals surface area (Å²) in [5.74, 6) is 2.58. The molecule has 0 aromatic heterocycles. The highest BCUT2D eigenvalue weighted by atomic mass is 32.2. The maximum atomic E-state index is 11.1. The Morgan fingerprint density at radius 3 is 2.81 bits per heavy atom. The molecule has 0 radical (unpaired) electrons. The van der Waals surface area contributed by atoms with E-state index < -0.39 is 11.1 Å². The van der Waals surface area contributed by atoms with Crippen molar-refractivity contribution in [3.63, 3.8) is 0 Å². The van der Waals surface area contributed by atoms with Gasteiger partial charge in [-0.1, -0.05) is 31.7 Å². The smallest absolute Gasteiger partial charge is 0.153 e. The number of rotatable bonds is 5. The topological polar surface area (TPSA) is 55.8 Å². The van der Waals surface area contributed by atoms with E-state index in [1.165, 1.54) is 57.8 Å². The lowest BCUT2D eigenvalue weighted by atomic mass is 9.63. The first-order valence-electron chi connectivity index (χ1n) is 10.1. The Bertz CT molecular complexity index is 648. The van der Waals surface area contributed by atoms with E-state index in [1.54, 1.807) is 0 Å². The van der Waals surface area contributed by atoms with Crippen LogP contribution in [0.4, 0.5) is 0 Å². The SMILES string of the molecule is O=S(O)CC1COc2cc(OCC3CCCC4(CCCCC4)C3)ccc21. The van der Waals surface area contributed by atoms with Gasteiger partial charge in [-0.2, -0.15) is 0 Å². The first kappa shape index (κ1) is 18.3. The predicted octanol–water partition coefficient (Wildman–Crippen LogP) is 4.90. The van der Waals surface area contributed by atoms with Crippen molar-refractivity contribution in [1.29, 1.82) is 0 Å². The maximum Gasteiger partial charge on any atom is 0.153 e. The summed E-state index contributed by atoms with van der Waals surface area (Å²) in [5.41, 5.74) is 1.64. The fourth-order valence-electron chi connectivity index (χ4n) is 5.35. The van der Waals surface area contributed by atoms with Crippen molar-refractivity contribution < 1.29 is 18.2 Å². The molecule has 1 heterocycles. The van der Waals surface area contributed by atoms with Gasteiger partial charge in [0.1, 0.15) is 11.5 Å². The van der Waals surface area contributed by atoms with Gasteiger partial charge in [-0.15, -0.1) is 0 Å². The van der Waals surface area contributed by atoms with Crippen LogP contribution in [-0.2, 0) is 11.1 Å². The van der Waals surface area contributed by atoms with Gasteiger partial charge in [0.2, 0.25) is 0 Å². The minimum atomic E-state index is -1.79. The molecule has 1 spiro atoms. The molecule has 0 saturated heterocycles. The van der Waals surface area contributed by atoms with Crippen LogP contribution in [0.2, 0.25) is 0 Å². The highest BCUT2D eigenvalue weighted by Crippen LogP contribution is 2.49. The zero-order valence-corrected chi connectivity index (χ0v) is 16.3. The van der Waals surface area contributed by atoms with Crippen LogP contribution in [0.15, 0.2) is 18.2 Å². The van der Waals surface area contributed by atoms with Crippen LogP contribution in [0.25, 0.3) is 0 Å². The van der Waals surface area contributed by atoms with E-state index in [4.69, 9.17) is 14.0 Å². The molecular weight excluding hydrogens is 348 g/mol. The third kappa shape index (κ3) is 4.09. The number of ether oxygens (including phenoxy) is 2. The van der Waals surface area contributed by atoms with Crippen molar-refractivity contribution >= 4 is 11.1 Å². The van der Waals surface area contributed by atoms with Gasteiger partial charge in [0.15, 0.2) is 11.1 Å². The third-order valence-corrected chi connectivity index (χ3v) is 7.34. The second kappa shape index (κ2) is 7.89. The Balaban J connectivity index is 1.34. The van der Waals surface area contributed by atoms with E-state index in [9.17, 15) is 4.21 Å². The first-order chi connectivity index (χ1) is 12.6. The summed E-state index contributed by atoms with van der Waals surface area (Å²) in [5, 5.41) is 0. The van der Waals surface area contributed by atoms with Crippen LogP contribution in [0.3, 0.4) is 0 Å². The first-order valence-corrected chi connectivity index (χ1v) is 11.4. The van der Waals surface area contributed by atoms with Gasteiger partial charge < -0.3 is 14.0 Å². The van der Waals surface area contributed by atoms with Crippen molar-refractivity contribution in [1.82, 2.24) is 0 Å². The molecule has 3 atom stereocenters. The number of hydrogen-bond donors (Lipinski definition) is 1.